The van der Waals surface area contributed by atoms with Crippen LogP contribution in [0.5, 0.6) is 0 Å². The number of nitrogens with zero attached hydrogens (tertiary/aromatic N) is 1. The van der Waals surface area contributed by atoms with Crippen LogP contribution in [0.1, 0.15) is 19.8 Å². The Labute approximate surface area is 282 Å². The number of carbonyl (C=O) groups excluding carboxylic acids is 1. The van der Waals surface area contributed by atoms with Crippen molar-refractivity contribution in [3.63, 3.8) is 0 Å². The van der Waals surface area contributed by atoms with E-state index in [0.29, 0.717) is 165 Å². The third-order valence-electron chi connectivity index (χ3n) is 5.72. The van der Waals surface area contributed by atoms with E-state index in [0.717, 1.165) is 13.0 Å². The molecule has 47 heavy (non-hydrogen) atoms. The molecule has 15 nitrogen and oxygen atoms in total. The van der Waals surface area contributed by atoms with Gasteiger partial charge in [-0.1, -0.05) is 6.92 Å². The Kier molecular flexibility index (Phi) is 40.2. The summed E-state index contributed by atoms with van der Waals surface area (Å²) in [7, 11) is 4.04. The summed E-state index contributed by atoms with van der Waals surface area (Å²) in [6, 6.07) is 0. The Morgan fingerprint density at radius 2 is 0.574 bits per heavy atom. The molecule has 0 aromatic carbocycles. The van der Waals surface area contributed by atoms with Crippen molar-refractivity contribution in [2.45, 2.75) is 19.8 Å². The molecule has 0 saturated carbocycles. The first-order chi connectivity index (χ1) is 23.2. The summed E-state index contributed by atoms with van der Waals surface area (Å²) < 4.78 is 70.4. The zero-order valence-electron chi connectivity index (χ0n) is 29.5. The second-order valence-electron chi connectivity index (χ2n) is 10.1. The molecule has 0 spiro atoms. The van der Waals surface area contributed by atoms with Crippen molar-refractivity contribution < 1.29 is 66.4 Å². The van der Waals surface area contributed by atoms with Crippen LogP contribution in [0, 0.1) is 0 Å². The van der Waals surface area contributed by atoms with Crippen LogP contribution in [-0.4, -0.2) is 197 Å². The third-order valence-corrected chi connectivity index (χ3v) is 5.72. The van der Waals surface area contributed by atoms with Crippen molar-refractivity contribution >= 4 is 5.97 Å². The van der Waals surface area contributed by atoms with Gasteiger partial charge in [0.05, 0.1) is 159 Å². The Hall–Kier alpha value is -1.05. The van der Waals surface area contributed by atoms with E-state index >= 15 is 0 Å². The maximum atomic E-state index is 11.2. The lowest BCUT2D eigenvalue weighted by atomic mass is 10.3. The Balaban J connectivity index is 3.06. The highest BCUT2D eigenvalue weighted by atomic mass is 16.6. The van der Waals surface area contributed by atoms with E-state index < -0.39 is 0 Å². The number of likely N-dealkylation sites (N-methyl/N-ethyl adjacent to an activating group) is 1. The molecule has 0 aliphatic heterocycles. The highest BCUT2D eigenvalue weighted by molar-refractivity contribution is 5.69. The maximum absolute atomic E-state index is 11.2. The minimum absolute atomic E-state index is 0.189. The monoisotopic (exact) mass is 687 g/mol. The van der Waals surface area contributed by atoms with Crippen LogP contribution in [0.2, 0.25) is 0 Å². The molecular weight excluding hydrogens is 622 g/mol. The van der Waals surface area contributed by atoms with Crippen LogP contribution in [0.4, 0.5) is 0 Å². The Morgan fingerprint density at radius 3 is 0.787 bits per heavy atom. The summed E-state index contributed by atoms with van der Waals surface area (Å²) in [5.74, 6) is -0.189. The zero-order valence-corrected chi connectivity index (χ0v) is 29.5. The molecule has 0 N–H and O–H groups in total. The zero-order chi connectivity index (χ0) is 34.1. The van der Waals surface area contributed by atoms with Gasteiger partial charge in [-0.15, -0.1) is 0 Å². The molecule has 0 aromatic heterocycles. The van der Waals surface area contributed by atoms with Crippen LogP contribution in [-0.2, 0) is 66.4 Å². The molecule has 0 amide bonds. The fourth-order valence-corrected chi connectivity index (χ4v) is 3.26. The Morgan fingerprint density at radius 1 is 0.362 bits per heavy atom. The van der Waals surface area contributed by atoms with Crippen LogP contribution in [0.15, 0.2) is 0 Å². The molecular formula is C32H65NO14. The minimum atomic E-state index is -0.189. The fourth-order valence-electron chi connectivity index (χ4n) is 3.26. The lowest BCUT2D eigenvalue weighted by Gasteiger charge is -2.10. The van der Waals surface area contributed by atoms with Crippen LogP contribution in [0.25, 0.3) is 0 Å². The van der Waals surface area contributed by atoms with Gasteiger partial charge in [0.25, 0.3) is 0 Å². The van der Waals surface area contributed by atoms with E-state index in [4.69, 9.17) is 61.6 Å². The smallest absolute Gasteiger partial charge is 0.305 e. The first-order valence-electron chi connectivity index (χ1n) is 16.9. The number of rotatable bonds is 41. The lowest BCUT2D eigenvalue weighted by molar-refractivity contribution is -0.145. The lowest BCUT2D eigenvalue weighted by Crippen LogP contribution is -2.19. The summed E-state index contributed by atoms with van der Waals surface area (Å²) in [6.07, 6.45) is 1.23. The predicted molar refractivity (Wildman–Crippen MR) is 174 cm³/mol. The summed E-state index contributed by atoms with van der Waals surface area (Å²) >= 11 is 0. The van der Waals surface area contributed by atoms with E-state index in [1.807, 2.05) is 21.0 Å². The second kappa shape index (κ2) is 41.1. The highest BCUT2D eigenvalue weighted by Gasteiger charge is 2.00. The molecule has 0 saturated heterocycles. The van der Waals surface area contributed by atoms with E-state index in [2.05, 4.69) is 4.90 Å². The average Bonchev–Trinajstić information content (AvgIpc) is 3.05. The van der Waals surface area contributed by atoms with Gasteiger partial charge in [0.1, 0.15) is 6.61 Å². The average molecular weight is 688 g/mol. The molecule has 0 aromatic rings. The second-order valence-corrected chi connectivity index (χ2v) is 10.1. The van der Waals surface area contributed by atoms with Gasteiger partial charge in [-0.2, -0.15) is 0 Å². The van der Waals surface area contributed by atoms with Gasteiger partial charge in [0, 0.05) is 13.0 Å². The van der Waals surface area contributed by atoms with Crippen LogP contribution in [0.3, 0.4) is 0 Å². The number of hydrogen-bond donors (Lipinski definition) is 0. The third kappa shape index (κ3) is 42.9. The number of carbonyl (C=O) groups is 1. The minimum Gasteiger partial charge on any atom is -0.463 e. The molecule has 0 aliphatic carbocycles. The SMILES string of the molecule is CCCC(=O)OCCOCCOCCOCCOCCOCCOCCOCCOCCOCCOCCOCCOCCN(C)C. The first kappa shape index (κ1) is 46.0. The first-order valence-corrected chi connectivity index (χ1v) is 16.9. The van der Waals surface area contributed by atoms with Crippen LogP contribution < -0.4 is 0 Å². The molecule has 0 unspecified atom stereocenters. The van der Waals surface area contributed by atoms with Gasteiger partial charge in [-0.25, -0.2) is 0 Å². The molecule has 0 heterocycles. The van der Waals surface area contributed by atoms with Gasteiger partial charge in [0.2, 0.25) is 0 Å². The van der Waals surface area contributed by atoms with Gasteiger partial charge >= 0.3 is 5.97 Å². The Bertz CT molecular complexity index is 606. The van der Waals surface area contributed by atoms with E-state index in [9.17, 15) is 4.79 Å². The summed E-state index contributed by atoms with van der Waals surface area (Å²) in [6.45, 7) is 15.4. The quantitative estimate of drug-likeness (QED) is 0.0669. The normalized spacial score (nSPS) is 11.6. The predicted octanol–water partition coefficient (Wildman–Crippen LogP) is 1.09. The van der Waals surface area contributed by atoms with Crippen molar-refractivity contribution in [3.8, 4) is 0 Å². The molecule has 0 radical (unpaired) electrons. The van der Waals surface area contributed by atoms with Crippen molar-refractivity contribution in [1.82, 2.24) is 4.90 Å². The summed E-state index contributed by atoms with van der Waals surface area (Å²) in [5, 5.41) is 0. The maximum Gasteiger partial charge on any atom is 0.305 e. The molecule has 0 rings (SSSR count). The molecule has 282 valence electrons. The van der Waals surface area contributed by atoms with Crippen molar-refractivity contribution in [2.75, 3.05) is 186 Å². The number of ether oxygens (including phenoxy) is 13. The molecule has 0 bridgehead atoms. The molecule has 0 aliphatic rings. The molecule has 15 heteroatoms. The van der Waals surface area contributed by atoms with Gasteiger partial charge in [-0.05, 0) is 20.5 Å². The van der Waals surface area contributed by atoms with Crippen molar-refractivity contribution in [2.24, 2.45) is 0 Å². The van der Waals surface area contributed by atoms with Gasteiger partial charge in [-0.3, -0.25) is 4.79 Å². The number of hydrogen-bond acceptors (Lipinski definition) is 15. The topological polar surface area (TPSA) is 140 Å². The highest BCUT2D eigenvalue weighted by Crippen LogP contribution is 1.91. The van der Waals surface area contributed by atoms with E-state index in [1.165, 1.54) is 0 Å². The standard InChI is InChI=1S/C32H65NO14/c1-4-5-32(34)47-31-30-46-29-28-45-27-26-44-25-24-43-23-22-42-21-20-41-19-18-40-17-16-39-15-14-38-13-12-37-11-10-36-9-8-35-7-6-33(2)3/h4-31H2,1-3H3. The van der Waals surface area contributed by atoms with Crippen LogP contribution >= 0.6 is 0 Å². The van der Waals surface area contributed by atoms with E-state index in [1.54, 1.807) is 0 Å². The number of esters is 1. The van der Waals surface area contributed by atoms with Crippen molar-refractivity contribution in [1.29, 1.82) is 0 Å². The van der Waals surface area contributed by atoms with Gasteiger partial charge in [0.15, 0.2) is 0 Å². The van der Waals surface area contributed by atoms with Crippen molar-refractivity contribution in [3.05, 3.63) is 0 Å². The van der Waals surface area contributed by atoms with E-state index in [-0.39, 0.29) is 12.6 Å². The molecule has 0 fully saturated rings. The summed E-state index contributed by atoms with van der Waals surface area (Å²) in [5.41, 5.74) is 0. The fraction of sp³-hybridized carbons (Fsp3) is 0.969. The molecule has 0 atom stereocenters. The van der Waals surface area contributed by atoms with Gasteiger partial charge < -0.3 is 66.5 Å². The summed E-state index contributed by atoms with van der Waals surface area (Å²) in [4.78, 5) is 13.3. The largest absolute Gasteiger partial charge is 0.463 e.